The number of pyridine rings is 1. The molecule has 1 aromatic heterocycles. The Hall–Kier alpha value is -2.19. The van der Waals surface area contributed by atoms with Crippen molar-refractivity contribution in [1.82, 2.24) is 9.88 Å². The molecule has 4 nitrogen and oxygen atoms in total. The number of alkyl halides is 3. The summed E-state index contributed by atoms with van der Waals surface area (Å²) in [6, 6.07) is 8.56. The molecule has 2 heterocycles. The summed E-state index contributed by atoms with van der Waals surface area (Å²) in [5.41, 5.74) is -0.501. The van der Waals surface area contributed by atoms with Crippen LogP contribution in [0.3, 0.4) is 0 Å². The lowest BCUT2D eigenvalue weighted by Crippen LogP contribution is -2.34. The SMILES string of the molecule is OC(CN1CCCN(c2ccc(C(F)(F)F)cn2)CC1)c1ccccc1F. The number of β-amino-alcohol motifs (C(OH)–C–C–N with tert-alkyl or cyclic N) is 1. The van der Waals surface area contributed by atoms with Crippen molar-refractivity contribution in [3.63, 3.8) is 0 Å². The van der Waals surface area contributed by atoms with Gasteiger partial charge in [-0.05, 0) is 24.6 Å². The average molecular weight is 383 g/mol. The highest BCUT2D eigenvalue weighted by Gasteiger charge is 2.31. The molecular weight excluding hydrogens is 362 g/mol. The average Bonchev–Trinajstić information content (AvgIpc) is 2.87. The third-order valence-electron chi connectivity index (χ3n) is 4.68. The molecule has 0 bridgehead atoms. The van der Waals surface area contributed by atoms with Crippen molar-refractivity contribution in [2.45, 2.75) is 18.7 Å². The molecular formula is C19H21F4N3O. The molecule has 1 N–H and O–H groups in total. The number of aliphatic hydroxyl groups is 1. The monoisotopic (exact) mass is 383 g/mol. The number of aliphatic hydroxyl groups excluding tert-OH is 1. The van der Waals surface area contributed by atoms with Crippen LogP contribution in [0.4, 0.5) is 23.4 Å². The van der Waals surface area contributed by atoms with E-state index in [0.717, 1.165) is 18.7 Å². The van der Waals surface area contributed by atoms with Gasteiger partial charge in [-0.15, -0.1) is 0 Å². The summed E-state index contributed by atoms with van der Waals surface area (Å²) in [4.78, 5) is 7.90. The molecule has 0 radical (unpaired) electrons. The molecule has 1 aromatic carbocycles. The number of nitrogens with zero attached hydrogens (tertiary/aromatic N) is 3. The van der Waals surface area contributed by atoms with Crippen LogP contribution in [-0.4, -0.2) is 47.7 Å². The van der Waals surface area contributed by atoms with Crippen molar-refractivity contribution in [2.24, 2.45) is 0 Å². The molecule has 146 valence electrons. The van der Waals surface area contributed by atoms with Crippen molar-refractivity contribution >= 4 is 5.82 Å². The van der Waals surface area contributed by atoms with Crippen LogP contribution < -0.4 is 4.90 Å². The molecule has 2 aromatic rings. The van der Waals surface area contributed by atoms with Gasteiger partial charge in [0, 0.05) is 44.5 Å². The van der Waals surface area contributed by atoms with Crippen LogP contribution in [0.25, 0.3) is 0 Å². The molecule has 1 atom stereocenters. The number of hydrogen-bond donors (Lipinski definition) is 1. The minimum atomic E-state index is -4.40. The van der Waals surface area contributed by atoms with E-state index < -0.39 is 23.7 Å². The first-order valence-corrected chi connectivity index (χ1v) is 8.77. The maximum atomic E-state index is 13.8. The quantitative estimate of drug-likeness (QED) is 0.821. The van der Waals surface area contributed by atoms with Crippen molar-refractivity contribution in [3.05, 3.63) is 59.5 Å². The second-order valence-electron chi connectivity index (χ2n) is 6.58. The summed E-state index contributed by atoms with van der Waals surface area (Å²) in [5.74, 6) is 0.0647. The van der Waals surface area contributed by atoms with Crippen LogP contribution in [0.15, 0.2) is 42.6 Å². The standard InChI is InChI=1S/C19H21F4N3O/c20-16-5-2-1-4-15(16)17(27)13-25-8-3-9-26(11-10-25)18-7-6-14(12-24-18)19(21,22)23/h1-2,4-7,12,17,27H,3,8-11,13H2. The molecule has 1 fully saturated rings. The molecule has 0 spiro atoms. The van der Waals surface area contributed by atoms with E-state index in [0.29, 0.717) is 38.5 Å². The van der Waals surface area contributed by atoms with Gasteiger partial charge >= 0.3 is 6.18 Å². The fraction of sp³-hybridized carbons (Fsp3) is 0.421. The first-order chi connectivity index (χ1) is 12.8. The summed E-state index contributed by atoms with van der Waals surface area (Å²) in [6.07, 6.45) is -3.71. The molecule has 8 heteroatoms. The maximum Gasteiger partial charge on any atom is 0.417 e. The van der Waals surface area contributed by atoms with Gasteiger partial charge in [0.2, 0.25) is 0 Å². The Morgan fingerprint density at radius 1 is 1.04 bits per heavy atom. The minimum Gasteiger partial charge on any atom is -0.387 e. The highest BCUT2D eigenvalue weighted by molar-refractivity contribution is 5.40. The van der Waals surface area contributed by atoms with Gasteiger partial charge in [0.25, 0.3) is 0 Å². The Labute approximate surface area is 155 Å². The maximum absolute atomic E-state index is 13.8. The van der Waals surface area contributed by atoms with Crippen LogP contribution in [0, 0.1) is 5.82 Å². The second-order valence-corrected chi connectivity index (χ2v) is 6.58. The molecule has 1 saturated heterocycles. The zero-order chi connectivity index (χ0) is 19.4. The normalized spacial score (nSPS) is 17.6. The highest BCUT2D eigenvalue weighted by Crippen LogP contribution is 2.29. The third kappa shape index (κ3) is 4.95. The van der Waals surface area contributed by atoms with Gasteiger partial charge in [-0.3, -0.25) is 4.90 Å². The van der Waals surface area contributed by atoms with Crippen LogP contribution in [0.2, 0.25) is 0 Å². The van der Waals surface area contributed by atoms with Gasteiger partial charge < -0.3 is 10.0 Å². The second kappa shape index (κ2) is 8.22. The minimum absolute atomic E-state index is 0.267. The first-order valence-electron chi connectivity index (χ1n) is 8.77. The largest absolute Gasteiger partial charge is 0.417 e. The zero-order valence-corrected chi connectivity index (χ0v) is 14.7. The number of benzene rings is 1. The zero-order valence-electron chi connectivity index (χ0n) is 14.7. The Morgan fingerprint density at radius 2 is 1.81 bits per heavy atom. The number of rotatable bonds is 4. The van der Waals surface area contributed by atoms with Crippen LogP contribution in [-0.2, 0) is 6.18 Å². The van der Waals surface area contributed by atoms with E-state index >= 15 is 0 Å². The lowest BCUT2D eigenvalue weighted by molar-refractivity contribution is -0.137. The van der Waals surface area contributed by atoms with Gasteiger partial charge in [-0.1, -0.05) is 18.2 Å². The molecule has 0 saturated carbocycles. The fourth-order valence-corrected chi connectivity index (χ4v) is 3.21. The summed E-state index contributed by atoms with van der Waals surface area (Å²) in [5, 5.41) is 10.3. The van der Waals surface area contributed by atoms with E-state index in [9.17, 15) is 22.7 Å². The molecule has 1 aliphatic heterocycles. The van der Waals surface area contributed by atoms with Gasteiger partial charge in [-0.25, -0.2) is 9.37 Å². The molecule has 0 aliphatic carbocycles. The van der Waals surface area contributed by atoms with Crippen molar-refractivity contribution in [1.29, 1.82) is 0 Å². The number of aromatic nitrogens is 1. The van der Waals surface area contributed by atoms with Crippen molar-refractivity contribution in [3.8, 4) is 0 Å². The van der Waals surface area contributed by atoms with Crippen LogP contribution >= 0.6 is 0 Å². The number of anilines is 1. The summed E-state index contributed by atoms with van der Waals surface area (Å²) < 4.78 is 51.8. The number of hydrogen-bond acceptors (Lipinski definition) is 4. The summed E-state index contributed by atoms with van der Waals surface area (Å²) in [7, 11) is 0. The van der Waals surface area contributed by atoms with E-state index in [1.54, 1.807) is 18.2 Å². The topological polar surface area (TPSA) is 39.6 Å². The van der Waals surface area contributed by atoms with E-state index in [-0.39, 0.29) is 5.56 Å². The lowest BCUT2D eigenvalue weighted by atomic mass is 10.1. The molecule has 1 aliphatic rings. The Bertz CT molecular complexity index is 751. The van der Waals surface area contributed by atoms with Crippen LogP contribution in [0.1, 0.15) is 23.7 Å². The van der Waals surface area contributed by atoms with E-state index in [2.05, 4.69) is 4.98 Å². The summed E-state index contributed by atoms with van der Waals surface area (Å²) >= 11 is 0. The van der Waals surface area contributed by atoms with Gasteiger partial charge in [0.05, 0.1) is 11.7 Å². The highest BCUT2D eigenvalue weighted by atomic mass is 19.4. The molecule has 3 rings (SSSR count). The predicted molar refractivity (Wildman–Crippen MR) is 93.9 cm³/mol. The Morgan fingerprint density at radius 3 is 2.48 bits per heavy atom. The van der Waals surface area contributed by atoms with E-state index in [1.165, 1.54) is 12.1 Å². The Balaban J connectivity index is 1.60. The molecule has 27 heavy (non-hydrogen) atoms. The Kier molecular flexibility index (Phi) is 5.96. The summed E-state index contributed by atoms with van der Waals surface area (Å²) in [6.45, 7) is 2.85. The lowest BCUT2D eigenvalue weighted by Gasteiger charge is -2.25. The fourth-order valence-electron chi connectivity index (χ4n) is 3.21. The van der Waals surface area contributed by atoms with Crippen LogP contribution in [0.5, 0.6) is 0 Å². The van der Waals surface area contributed by atoms with Crippen molar-refractivity contribution < 1.29 is 22.7 Å². The predicted octanol–water partition coefficient (Wildman–Crippen LogP) is 3.49. The van der Waals surface area contributed by atoms with E-state index in [1.807, 2.05) is 9.80 Å². The molecule has 0 amide bonds. The third-order valence-corrected chi connectivity index (χ3v) is 4.68. The van der Waals surface area contributed by atoms with E-state index in [4.69, 9.17) is 0 Å². The van der Waals surface area contributed by atoms with Gasteiger partial charge in [0.1, 0.15) is 11.6 Å². The van der Waals surface area contributed by atoms with Crippen molar-refractivity contribution in [2.75, 3.05) is 37.6 Å². The molecule has 1 unspecified atom stereocenters. The first kappa shape index (κ1) is 19.6. The smallest absolute Gasteiger partial charge is 0.387 e. The van der Waals surface area contributed by atoms with Gasteiger partial charge in [0.15, 0.2) is 0 Å². The number of halogens is 4. The van der Waals surface area contributed by atoms with Gasteiger partial charge in [-0.2, -0.15) is 13.2 Å².